The molecule has 0 spiro atoms. The molecule has 0 aliphatic carbocycles. The summed E-state index contributed by atoms with van der Waals surface area (Å²) in [6.45, 7) is 4.24. The van der Waals surface area contributed by atoms with Gasteiger partial charge < -0.3 is 10.1 Å². The second kappa shape index (κ2) is 9.89. The van der Waals surface area contributed by atoms with Gasteiger partial charge in [-0.3, -0.25) is 0 Å². The zero-order valence-electron chi connectivity index (χ0n) is 12.9. The van der Waals surface area contributed by atoms with E-state index in [0.717, 1.165) is 30.5 Å². The fraction of sp³-hybridized carbons (Fsp3) is 0.600. The van der Waals surface area contributed by atoms with E-state index in [9.17, 15) is 8.42 Å². The minimum absolute atomic E-state index is 0.000482. The minimum Gasteiger partial charge on any atom is -0.380 e. The smallest absolute Gasteiger partial charge is 0.215 e. The van der Waals surface area contributed by atoms with Gasteiger partial charge in [-0.05, 0) is 24.6 Å². The molecule has 1 aromatic rings. The van der Waals surface area contributed by atoms with Crippen LogP contribution in [0.4, 0.5) is 0 Å². The van der Waals surface area contributed by atoms with Gasteiger partial charge in [0, 0.05) is 19.7 Å². The fourth-order valence-electron chi connectivity index (χ4n) is 1.92. The van der Waals surface area contributed by atoms with Gasteiger partial charge in [0.2, 0.25) is 10.0 Å². The molecule has 0 bridgehead atoms. The van der Waals surface area contributed by atoms with Gasteiger partial charge in [0.05, 0.1) is 12.4 Å². The molecular weight excluding hydrogens is 288 g/mol. The number of benzene rings is 1. The van der Waals surface area contributed by atoms with Crippen molar-refractivity contribution in [2.75, 3.05) is 26.8 Å². The van der Waals surface area contributed by atoms with E-state index in [1.165, 1.54) is 0 Å². The maximum Gasteiger partial charge on any atom is 0.215 e. The SMILES string of the molecule is CCCCOCCNS(=O)(=O)Cc1cccc(CNC)c1. The molecular formula is C15H26N2O3S. The van der Waals surface area contributed by atoms with Crippen molar-refractivity contribution in [3.8, 4) is 0 Å². The Bertz CT molecular complexity index is 503. The van der Waals surface area contributed by atoms with E-state index in [4.69, 9.17) is 4.74 Å². The Balaban J connectivity index is 2.39. The van der Waals surface area contributed by atoms with Crippen LogP contribution in [-0.2, 0) is 27.1 Å². The van der Waals surface area contributed by atoms with Gasteiger partial charge in [-0.1, -0.05) is 37.6 Å². The summed E-state index contributed by atoms with van der Waals surface area (Å²) in [6.07, 6.45) is 2.08. The van der Waals surface area contributed by atoms with Crippen LogP contribution < -0.4 is 10.0 Å². The predicted molar refractivity (Wildman–Crippen MR) is 85.6 cm³/mol. The number of hydrogen-bond donors (Lipinski definition) is 2. The second-order valence-corrected chi connectivity index (χ2v) is 6.78. The highest BCUT2D eigenvalue weighted by Gasteiger charge is 2.11. The predicted octanol–water partition coefficient (Wildman–Crippen LogP) is 1.64. The van der Waals surface area contributed by atoms with E-state index in [1.807, 2.05) is 31.3 Å². The van der Waals surface area contributed by atoms with Crippen LogP contribution in [0.1, 0.15) is 30.9 Å². The minimum atomic E-state index is -3.31. The summed E-state index contributed by atoms with van der Waals surface area (Å²) < 4.78 is 31.9. The Morgan fingerprint density at radius 3 is 2.67 bits per heavy atom. The van der Waals surface area contributed by atoms with Crippen molar-refractivity contribution in [2.24, 2.45) is 0 Å². The lowest BCUT2D eigenvalue weighted by atomic mass is 10.1. The number of ether oxygens (including phenoxy) is 1. The third-order valence-electron chi connectivity index (χ3n) is 2.94. The Kier molecular flexibility index (Phi) is 8.52. The molecule has 0 aliphatic rings. The van der Waals surface area contributed by atoms with E-state index in [-0.39, 0.29) is 5.75 Å². The third-order valence-corrected chi connectivity index (χ3v) is 4.30. The Hall–Kier alpha value is -0.950. The Labute approximate surface area is 128 Å². The van der Waals surface area contributed by atoms with Crippen LogP contribution in [0, 0.1) is 0 Å². The maximum absolute atomic E-state index is 12.0. The van der Waals surface area contributed by atoms with Gasteiger partial charge >= 0.3 is 0 Å². The summed E-state index contributed by atoms with van der Waals surface area (Å²) in [7, 11) is -1.44. The molecule has 120 valence electrons. The van der Waals surface area contributed by atoms with Crippen molar-refractivity contribution in [1.82, 2.24) is 10.0 Å². The monoisotopic (exact) mass is 314 g/mol. The quantitative estimate of drug-likeness (QED) is 0.609. The molecule has 0 atom stereocenters. The molecule has 0 saturated heterocycles. The molecule has 1 aromatic carbocycles. The summed E-state index contributed by atoms with van der Waals surface area (Å²) >= 11 is 0. The first-order chi connectivity index (χ1) is 10.1. The van der Waals surface area contributed by atoms with Crippen molar-refractivity contribution in [1.29, 1.82) is 0 Å². The number of hydrogen-bond acceptors (Lipinski definition) is 4. The van der Waals surface area contributed by atoms with Gasteiger partial charge in [0.25, 0.3) is 0 Å². The highest BCUT2D eigenvalue weighted by Crippen LogP contribution is 2.08. The second-order valence-electron chi connectivity index (χ2n) is 4.97. The summed E-state index contributed by atoms with van der Waals surface area (Å²) in [4.78, 5) is 0. The molecule has 0 saturated carbocycles. The lowest BCUT2D eigenvalue weighted by molar-refractivity contribution is 0.136. The Morgan fingerprint density at radius 1 is 1.19 bits per heavy atom. The maximum atomic E-state index is 12.0. The normalized spacial score (nSPS) is 11.7. The molecule has 21 heavy (non-hydrogen) atoms. The zero-order chi connectivity index (χ0) is 15.6. The van der Waals surface area contributed by atoms with Crippen molar-refractivity contribution < 1.29 is 13.2 Å². The van der Waals surface area contributed by atoms with Crippen molar-refractivity contribution >= 4 is 10.0 Å². The number of unbranched alkanes of at least 4 members (excludes halogenated alkanes) is 1. The first-order valence-electron chi connectivity index (χ1n) is 7.35. The summed E-state index contributed by atoms with van der Waals surface area (Å²) in [5.41, 5.74) is 1.87. The lowest BCUT2D eigenvalue weighted by Gasteiger charge is -2.08. The molecule has 0 unspecified atom stereocenters. The van der Waals surface area contributed by atoms with Crippen molar-refractivity contribution in [3.05, 3.63) is 35.4 Å². The molecule has 0 heterocycles. The number of rotatable bonds is 11. The molecule has 6 heteroatoms. The Morgan fingerprint density at radius 2 is 1.95 bits per heavy atom. The van der Waals surface area contributed by atoms with Crippen LogP contribution in [0.5, 0.6) is 0 Å². The van der Waals surface area contributed by atoms with E-state index < -0.39 is 10.0 Å². The van der Waals surface area contributed by atoms with Crippen LogP contribution >= 0.6 is 0 Å². The average Bonchev–Trinajstić information content (AvgIpc) is 2.43. The molecule has 1 rings (SSSR count). The zero-order valence-corrected chi connectivity index (χ0v) is 13.7. The highest BCUT2D eigenvalue weighted by atomic mass is 32.2. The molecule has 0 aliphatic heterocycles. The standard InChI is InChI=1S/C15H26N2O3S/c1-3-4-9-20-10-8-17-21(18,19)13-15-7-5-6-14(11-15)12-16-2/h5-7,11,16-17H,3-4,8-10,12-13H2,1-2H3. The van der Waals surface area contributed by atoms with Crippen LogP contribution in [0.15, 0.2) is 24.3 Å². The van der Waals surface area contributed by atoms with Gasteiger partial charge in [-0.25, -0.2) is 13.1 Å². The fourth-order valence-corrected chi connectivity index (χ4v) is 3.04. The topological polar surface area (TPSA) is 67.4 Å². The summed E-state index contributed by atoms with van der Waals surface area (Å²) in [6, 6.07) is 7.59. The van der Waals surface area contributed by atoms with Crippen LogP contribution in [-0.4, -0.2) is 35.2 Å². The lowest BCUT2D eigenvalue weighted by Crippen LogP contribution is -2.28. The van der Waals surface area contributed by atoms with Gasteiger partial charge in [0.1, 0.15) is 0 Å². The molecule has 0 amide bonds. The summed E-state index contributed by atoms with van der Waals surface area (Å²) in [5, 5.41) is 3.05. The van der Waals surface area contributed by atoms with Crippen LogP contribution in [0.3, 0.4) is 0 Å². The number of nitrogens with one attached hydrogen (secondary N) is 2. The first kappa shape index (κ1) is 18.1. The van der Waals surface area contributed by atoms with E-state index in [1.54, 1.807) is 0 Å². The molecule has 2 N–H and O–H groups in total. The van der Waals surface area contributed by atoms with Gasteiger partial charge in [-0.2, -0.15) is 0 Å². The van der Waals surface area contributed by atoms with Gasteiger partial charge in [0.15, 0.2) is 0 Å². The molecule has 0 aromatic heterocycles. The largest absolute Gasteiger partial charge is 0.380 e. The summed E-state index contributed by atoms with van der Waals surface area (Å²) in [5.74, 6) is -0.000482. The van der Waals surface area contributed by atoms with E-state index in [2.05, 4.69) is 17.0 Å². The molecule has 0 radical (unpaired) electrons. The first-order valence-corrected chi connectivity index (χ1v) is 9.00. The highest BCUT2D eigenvalue weighted by molar-refractivity contribution is 7.88. The van der Waals surface area contributed by atoms with Gasteiger partial charge in [-0.15, -0.1) is 0 Å². The molecule has 0 fully saturated rings. The van der Waals surface area contributed by atoms with Crippen molar-refractivity contribution in [2.45, 2.75) is 32.1 Å². The van der Waals surface area contributed by atoms with Crippen LogP contribution in [0.25, 0.3) is 0 Å². The van der Waals surface area contributed by atoms with E-state index in [0.29, 0.717) is 19.8 Å². The van der Waals surface area contributed by atoms with Crippen molar-refractivity contribution in [3.63, 3.8) is 0 Å². The van der Waals surface area contributed by atoms with E-state index >= 15 is 0 Å². The number of sulfonamides is 1. The molecule has 5 nitrogen and oxygen atoms in total. The third kappa shape index (κ3) is 8.16. The van der Waals surface area contributed by atoms with Crippen LogP contribution in [0.2, 0.25) is 0 Å². The average molecular weight is 314 g/mol.